The third-order valence-corrected chi connectivity index (χ3v) is 5.72. The molecule has 1 aliphatic rings. The highest BCUT2D eigenvalue weighted by atomic mass is 16.2. The van der Waals surface area contributed by atoms with Crippen molar-refractivity contribution in [3.63, 3.8) is 0 Å². The molecule has 0 unspecified atom stereocenters. The molecule has 30 heavy (non-hydrogen) atoms. The zero-order valence-corrected chi connectivity index (χ0v) is 17.0. The number of pyridine rings is 1. The van der Waals surface area contributed by atoms with E-state index in [0.717, 1.165) is 35.0 Å². The predicted octanol–water partition coefficient (Wildman–Crippen LogP) is 3.05. The van der Waals surface area contributed by atoms with Crippen LogP contribution in [0.5, 0.6) is 0 Å². The topological polar surface area (TPSA) is 75.9 Å². The Bertz CT molecular complexity index is 1260. The molecule has 0 radical (unpaired) electrons. The molecule has 2 aromatic carbocycles. The molecule has 3 heterocycles. The first kappa shape index (κ1) is 18.3. The van der Waals surface area contributed by atoms with Crippen molar-refractivity contribution in [2.24, 2.45) is 0 Å². The Morgan fingerprint density at radius 2 is 2.07 bits per heavy atom. The van der Waals surface area contributed by atoms with Gasteiger partial charge in [-0.1, -0.05) is 29.5 Å². The lowest BCUT2D eigenvalue weighted by atomic mass is 10.1. The van der Waals surface area contributed by atoms with Crippen LogP contribution in [0.25, 0.3) is 16.5 Å². The summed E-state index contributed by atoms with van der Waals surface area (Å²) in [6.45, 7) is 3.36. The number of likely N-dealkylation sites (N-methyl/N-ethyl adjacent to an activating group) is 1. The van der Waals surface area contributed by atoms with Gasteiger partial charge < -0.3 is 10.2 Å². The van der Waals surface area contributed by atoms with Crippen molar-refractivity contribution >= 4 is 22.4 Å². The second-order valence-electron chi connectivity index (χ2n) is 7.63. The van der Waals surface area contributed by atoms with E-state index in [1.807, 2.05) is 37.4 Å². The van der Waals surface area contributed by atoms with Gasteiger partial charge in [-0.2, -0.15) is 0 Å². The third-order valence-electron chi connectivity index (χ3n) is 5.72. The monoisotopic (exact) mass is 398 g/mol. The van der Waals surface area contributed by atoms with E-state index < -0.39 is 0 Å². The van der Waals surface area contributed by atoms with Gasteiger partial charge in [-0.3, -0.25) is 9.78 Å². The van der Waals surface area contributed by atoms with Crippen LogP contribution in [0.1, 0.15) is 27.3 Å². The molecule has 0 spiro atoms. The van der Waals surface area contributed by atoms with Gasteiger partial charge in [-0.15, -0.1) is 5.10 Å². The Labute approximate surface area is 174 Å². The Morgan fingerprint density at radius 1 is 1.17 bits per heavy atom. The van der Waals surface area contributed by atoms with E-state index in [1.54, 1.807) is 10.9 Å². The van der Waals surface area contributed by atoms with Gasteiger partial charge in [-0.25, -0.2) is 4.68 Å². The second kappa shape index (κ2) is 7.26. The normalized spacial score (nSPS) is 12.9. The zero-order chi connectivity index (χ0) is 20.7. The summed E-state index contributed by atoms with van der Waals surface area (Å²) < 4.78 is 1.71. The average molecular weight is 398 g/mol. The van der Waals surface area contributed by atoms with Crippen LogP contribution in [0.2, 0.25) is 0 Å². The first-order chi connectivity index (χ1) is 14.6. The minimum absolute atomic E-state index is 0.224. The van der Waals surface area contributed by atoms with Crippen molar-refractivity contribution in [1.82, 2.24) is 25.3 Å². The maximum Gasteiger partial charge on any atom is 0.274 e. The number of benzene rings is 2. The van der Waals surface area contributed by atoms with Crippen LogP contribution in [0.4, 0.5) is 5.69 Å². The Morgan fingerprint density at radius 3 is 2.97 bits per heavy atom. The molecule has 7 heteroatoms. The molecule has 1 aliphatic heterocycles. The van der Waals surface area contributed by atoms with Crippen LogP contribution < -0.4 is 10.2 Å². The molecule has 0 saturated heterocycles. The number of fused-ring (bicyclic) bond motifs is 2. The molecule has 0 aliphatic carbocycles. The molecular weight excluding hydrogens is 376 g/mol. The van der Waals surface area contributed by atoms with Gasteiger partial charge in [0.25, 0.3) is 5.91 Å². The van der Waals surface area contributed by atoms with Gasteiger partial charge in [0.05, 0.1) is 11.4 Å². The van der Waals surface area contributed by atoms with Crippen molar-refractivity contribution in [2.75, 3.05) is 18.5 Å². The van der Waals surface area contributed by atoms with Gasteiger partial charge in [-0.05, 0) is 42.7 Å². The summed E-state index contributed by atoms with van der Waals surface area (Å²) in [6.07, 6.45) is 4.61. The van der Waals surface area contributed by atoms with E-state index >= 15 is 0 Å². The Hall–Kier alpha value is -3.74. The molecule has 0 fully saturated rings. The fraction of sp³-hybridized carbons (Fsp3) is 0.217. The fourth-order valence-corrected chi connectivity index (χ4v) is 4.05. The maximum absolute atomic E-state index is 12.8. The lowest BCUT2D eigenvalue weighted by molar-refractivity contribution is 0.0945. The van der Waals surface area contributed by atoms with Gasteiger partial charge >= 0.3 is 0 Å². The van der Waals surface area contributed by atoms with E-state index in [2.05, 4.69) is 50.8 Å². The lowest BCUT2D eigenvalue weighted by Gasteiger charge is -2.12. The number of hydrogen-bond acceptors (Lipinski definition) is 5. The van der Waals surface area contributed by atoms with E-state index in [1.165, 1.54) is 11.3 Å². The highest BCUT2D eigenvalue weighted by molar-refractivity contribution is 5.94. The number of amides is 1. The molecule has 0 saturated carbocycles. The molecule has 7 nitrogen and oxygen atoms in total. The smallest absolute Gasteiger partial charge is 0.274 e. The predicted molar refractivity (Wildman–Crippen MR) is 116 cm³/mol. The van der Waals surface area contributed by atoms with Crippen LogP contribution in [0.15, 0.2) is 54.9 Å². The molecule has 1 N–H and O–H groups in total. The summed E-state index contributed by atoms with van der Waals surface area (Å²) >= 11 is 0. The van der Waals surface area contributed by atoms with E-state index in [4.69, 9.17) is 0 Å². The molecule has 150 valence electrons. The van der Waals surface area contributed by atoms with Gasteiger partial charge in [0.1, 0.15) is 0 Å². The standard InChI is InChI=1S/C23H22N6O/c1-15-22(23(30)25-13-16-6-7-20-17(12-16)9-11-28(20)2)26-27-29(15)21-5-3-4-18-14-24-10-8-19(18)21/h3-8,10,12,14H,9,11,13H2,1-2H3,(H,25,30). The SMILES string of the molecule is Cc1c(C(=O)NCc2ccc3c(c2)CCN3C)nnn1-c1cccc2cnccc12. The highest BCUT2D eigenvalue weighted by Crippen LogP contribution is 2.27. The number of rotatable bonds is 4. The summed E-state index contributed by atoms with van der Waals surface area (Å²) in [6, 6.07) is 14.2. The molecular formula is C23H22N6O. The van der Waals surface area contributed by atoms with Gasteiger partial charge in [0.15, 0.2) is 5.69 Å². The zero-order valence-electron chi connectivity index (χ0n) is 17.0. The van der Waals surface area contributed by atoms with Crippen LogP contribution >= 0.6 is 0 Å². The van der Waals surface area contributed by atoms with Crippen molar-refractivity contribution in [2.45, 2.75) is 19.9 Å². The number of hydrogen-bond donors (Lipinski definition) is 1. The summed E-state index contributed by atoms with van der Waals surface area (Å²) in [5.74, 6) is -0.224. The van der Waals surface area contributed by atoms with Crippen LogP contribution in [0, 0.1) is 6.92 Å². The third kappa shape index (κ3) is 3.08. The molecule has 4 aromatic rings. The van der Waals surface area contributed by atoms with Crippen molar-refractivity contribution in [3.8, 4) is 5.69 Å². The number of anilines is 1. The number of carbonyl (C=O) groups is 1. The fourth-order valence-electron chi connectivity index (χ4n) is 4.05. The molecule has 0 atom stereocenters. The Balaban J connectivity index is 1.37. The molecule has 5 rings (SSSR count). The average Bonchev–Trinajstić information content (AvgIpc) is 3.34. The van der Waals surface area contributed by atoms with Gasteiger partial charge in [0, 0.05) is 49.0 Å². The Kier molecular flexibility index (Phi) is 4.43. The van der Waals surface area contributed by atoms with Crippen LogP contribution in [-0.4, -0.2) is 39.5 Å². The summed E-state index contributed by atoms with van der Waals surface area (Å²) in [7, 11) is 2.10. The molecule has 0 bridgehead atoms. The number of aromatic nitrogens is 4. The van der Waals surface area contributed by atoms with Crippen LogP contribution in [-0.2, 0) is 13.0 Å². The van der Waals surface area contributed by atoms with E-state index in [0.29, 0.717) is 17.9 Å². The minimum Gasteiger partial charge on any atom is -0.374 e. The lowest BCUT2D eigenvalue weighted by Crippen LogP contribution is -2.24. The second-order valence-corrected chi connectivity index (χ2v) is 7.63. The molecule has 2 aromatic heterocycles. The quantitative estimate of drug-likeness (QED) is 0.572. The van der Waals surface area contributed by atoms with E-state index in [9.17, 15) is 4.79 Å². The summed E-state index contributed by atoms with van der Waals surface area (Å²) in [4.78, 5) is 19.2. The van der Waals surface area contributed by atoms with E-state index in [-0.39, 0.29) is 5.91 Å². The molecule has 1 amide bonds. The first-order valence-corrected chi connectivity index (χ1v) is 9.98. The number of nitrogens with one attached hydrogen (secondary N) is 1. The minimum atomic E-state index is -0.224. The summed E-state index contributed by atoms with van der Waals surface area (Å²) in [5, 5.41) is 13.4. The maximum atomic E-state index is 12.8. The van der Waals surface area contributed by atoms with Crippen molar-refractivity contribution in [1.29, 1.82) is 0 Å². The first-order valence-electron chi connectivity index (χ1n) is 9.98. The van der Waals surface area contributed by atoms with Gasteiger partial charge in [0.2, 0.25) is 0 Å². The van der Waals surface area contributed by atoms with Crippen molar-refractivity contribution in [3.05, 3.63) is 77.4 Å². The summed E-state index contributed by atoms with van der Waals surface area (Å²) in [5.41, 5.74) is 5.60. The number of nitrogens with zero attached hydrogens (tertiary/aromatic N) is 5. The number of carbonyl (C=O) groups excluding carboxylic acids is 1. The largest absolute Gasteiger partial charge is 0.374 e. The van der Waals surface area contributed by atoms with Crippen LogP contribution in [0.3, 0.4) is 0 Å². The highest BCUT2D eigenvalue weighted by Gasteiger charge is 2.19. The van der Waals surface area contributed by atoms with Crippen molar-refractivity contribution < 1.29 is 4.79 Å².